The molecule has 1 atom stereocenters. The molecule has 0 aliphatic carbocycles. The maximum atomic E-state index is 10.5. The number of carboxylic acids is 1. The van der Waals surface area contributed by atoms with Crippen LogP contribution in [0, 0.1) is 11.3 Å². The van der Waals surface area contributed by atoms with E-state index in [9.17, 15) is 4.79 Å². The number of ether oxygens (including phenoxy) is 2. The van der Waals surface area contributed by atoms with Crippen molar-refractivity contribution < 1.29 is 19.4 Å². The second-order valence-corrected chi connectivity index (χ2v) is 8.25. The molecular weight excluding hydrogens is 378 g/mol. The van der Waals surface area contributed by atoms with Crippen LogP contribution in [0.1, 0.15) is 83.1 Å². The van der Waals surface area contributed by atoms with Crippen molar-refractivity contribution in [1.82, 2.24) is 0 Å². The van der Waals surface area contributed by atoms with Gasteiger partial charge in [0.15, 0.2) is 0 Å². The minimum Gasteiger partial charge on any atom is -0.494 e. The number of carboxylic acid groups (broad SMARTS) is 1. The van der Waals surface area contributed by atoms with Crippen LogP contribution >= 0.6 is 0 Å². The fourth-order valence-electron chi connectivity index (χ4n) is 3.64. The molecule has 1 N–H and O–H groups in total. The van der Waals surface area contributed by atoms with Crippen molar-refractivity contribution in [2.75, 3.05) is 6.61 Å². The van der Waals surface area contributed by atoms with Crippen LogP contribution in [0.15, 0.2) is 30.4 Å². The van der Waals surface area contributed by atoms with Crippen molar-refractivity contribution in [1.29, 1.82) is 5.26 Å². The lowest BCUT2D eigenvalue weighted by Crippen LogP contribution is -2.34. The first-order valence-corrected chi connectivity index (χ1v) is 11.2. The summed E-state index contributed by atoms with van der Waals surface area (Å²) in [4.78, 5) is 10.5. The Balaban J connectivity index is 1.72. The summed E-state index contributed by atoms with van der Waals surface area (Å²) < 4.78 is 12.1. The Morgan fingerprint density at radius 3 is 2.83 bits per heavy atom. The van der Waals surface area contributed by atoms with Gasteiger partial charge in [-0.15, -0.1) is 0 Å². The predicted octanol–water partition coefficient (Wildman–Crippen LogP) is 6.21. The Morgan fingerprint density at radius 2 is 2.03 bits per heavy atom. The number of aryl methyl sites for hydroxylation is 1. The third-order valence-electron chi connectivity index (χ3n) is 5.45. The Kier molecular flexibility index (Phi) is 10.3. The molecule has 1 aromatic carbocycles. The van der Waals surface area contributed by atoms with Crippen LogP contribution in [0.25, 0.3) is 0 Å². The summed E-state index contributed by atoms with van der Waals surface area (Å²) in [6.07, 6.45) is 15.2. The molecule has 0 radical (unpaired) electrons. The minimum atomic E-state index is -0.737. The summed E-state index contributed by atoms with van der Waals surface area (Å²) >= 11 is 0. The Morgan fingerprint density at radius 1 is 1.23 bits per heavy atom. The van der Waals surface area contributed by atoms with Crippen molar-refractivity contribution in [2.24, 2.45) is 0 Å². The zero-order chi connectivity index (χ0) is 21.7. The van der Waals surface area contributed by atoms with E-state index in [1.54, 1.807) is 0 Å². The lowest BCUT2D eigenvalue weighted by atomic mass is 9.91. The first-order chi connectivity index (χ1) is 14.5. The predicted molar refractivity (Wildman–Crippen MR) is 118 cm³/mol. The quantitative estimate of drug-likeness (QED) is 0.289. The van der Waals surface area contributed by atoms with Gasteiger partial charge in [-0.2, -0.15) is 5.26 Å². The number of fused-ring (bicyclic) bond motifs is 1. The normalized spacial score (nSPS) is 17.9. The van der Waals surface area contributed by atoms with Gasteiger partial charge in [-0.25, -0.2) is 0 Å². The third kappa shape index (κ3) is 8.90. The van der Waals surface area contributed by atoms with Crippen molar-refractivity contribution in [3.05, 3.63) is 35.9 Å². The Hall–Kier alpha value is -2.48. The average molecular weight is 414 g/mol. The van der Waals surface area contributed by atoms with E-state index in [1.807, 2.05) is 12.1 Å². The Labute approximate surface area is 180 Å². The molecule has 0 aromatic heterocycles. The smallest absolute Gasteiger partial charge is 0.303 e. The number of hydrogen-bond acceptors (Lipinski definition) is 4. The van der Waals surface area contributed by atoms with Crippen LogP contribution < -0.4 is 9.47 Å². The van der Waals surface area contributed by atoms with E-state index < -0.39 is 5.97 Å². The zero-order valence-corrected chi connectivity index (χ0v) is 18.2. The van der Waals surface area contributed by atoms with Gasteiger partial charge in [0, 0.05) is 12.8 Å². The van der Waals surface area contributed by atoms with Gasteiger partial charge >= 0.3 is 5.97 Å². The molecule has 0 bridgehead atoms. The highest BCUT2D eigenvalue weighted by atomic mass is 16.5. The van der Waals surface area contributed by atoms with E-state index >= 15 is 0 Å². The number of benzene rings is 1. The van der Waals surface area contributed by atoms with E-state index in [4.69, 9.17) is 19.8 Å². The second kappa shape index (κ2) is 13.0. The van der Waals surface area contributed by atoms with E-state index in [0.717, 1.165) is 62.9 Å². The zero-order valence-electron chi connectivity index (χ0n) is 18.2. The highest BCUT2D eigenvalue weighted by Crippen LogP contribution is 2.36. The molecule has 1 aromatic rings. The second-order valence-electron chi connectivity index (χ2n) is 8.25. The fraction of sp³-hybridized carbons (Fsp3) is 0.600. The number of hydrogen-bond donors (Lipinski definition) is 1. The molecule has 5 nitrogen and oxygen atoms in total. The highest BCUT2D eigenvalue weighted by molar-refractivity contribution is 5.66. The molecular formula is C25H35NO4. The van der Waals surface area contributed by atoms with E-state index in [0.29, 0.717) is 19.4 Å². The van der Waals surface area contributed by atoms with Crippen LogP contribution in [0.5, 0.6) is 11.5 Å². The van der Waals surface area contributed by atoms with Crippen LogP contribution in [0.4, 0.5) is 0 Å². The molecule has 0 saturated heterocycles. The summed E-state index contributed by atoms with van der Waals surface area (Å²) in [5, 5.41) is 17.2. The average Bonchev–Trinajstić information content (AvgIpc) is 2.72. The van der Waals surface area contributed by atoms with Crippen LogP contribution in [0.3, 0.4) is 0 Å². The Bertz CT molecular complexity index is 737. The number of unbranched alkanes of at least 4 members (excludes halogenated alkanes) is 7. The van der Waals surface area contributed by atoms with Gasteiger partial charge < -0.3 is 14.6 Å². The monoisotopic (exact) mass is 413 g/mol. The van der Waals surface area contributed by atoms with Gasteiger partial charge in [0.1, 0.15) is 17.1 Å². The first-order valence-electron chi connectivity index (χ1n) is 11.2. The maximum Gasteiger partial charge on any atom is 0.303 e. The molecule has 0 amide bonds. The van der Waals surface area contributed by atoms with Gasteiger partial charge in [-0.05, 0) is 88.1 Å². The van der Waals surface area contributed by atoms with Gasteiger partial charge in [-0.3, -0.25) is 4.79 Å². The lowest BCUT2D eigenvalue weighted by Gasteiger charge is -2.33. The number of nitriles is 1. The molecule has 0 fully saturated rings. The summed E-state index contributed by atoms with van der Waals surface area (Å²) in [6.45, 7) is 2.75. The van der Waals surface area contributed by atoms with E-state index in [1.165, 1.54) is 12.0 Å². The standard InChI is InChI=1S/C25H35NO4/c1-25(16-9-5-3-2-4-6-10-18-26)17-15-21-20-22(13-14-23(21)30-25)29-19-11-7-8-12-24(27)28/h9,13-14,16,20H,2-8,10-12,15,17,19H2,1H3,(H,27,28)/b16-9+. The molecule has 2 rings (SSSR count). The van der Waals surface area contributed by atoms with Gasteiger partial charge in [0.05, 0.1) is 12.7 Å². The van der Waals surface area contributed by atoms with Gasteiger partial charge in [0.2, 0.25) is 0 Å². The topological polar surface area (TPSA) is 79.5 Å². The van der Waals surface area contributed by atoms with Gasteiger partial charge in [-0.1, -0.05) is 18.9 Å². The summed E-state index contributed by atoms with van der Waals surface area (Å²) in [7, 11) is 0. The van der Waals surface area contributed by atoms with Crippen LogP contribution in [-0.2, 0) is 11.2 Å². The minimum absolute atomic E-state index is 0.228. The van der Waals surface area contributed by atoms with E-state index in [-0.39, 0.29) is 12.0 Å². The molecule has 164 valence electrons. The van der Waals surface area contributed by atoms with Crippen molar-refractivity contribution in [3.8, 4) is 17.6 Å². The highest BCUT2D eigenvalue weighted by Gasteiger charge is 2.29. The molecule has 1 aliphatic rings. The van der Waals surface area contributed by atoms with E-state index in [2.05, 4.69) is 31.2 Å². The number of rotatable bonds is 14. The SMILES string of the molecule is CC1(/C=C/CCCCCCC#N)CCc2cc(OCCCCCC(=O)O)ccc2O1. The molecule has 0 spiro atoms. The third-order valence-corrected chi connectivity index (χ3v) is 5.45. The van der Waals surface area contributed by atoms with Crippen LogP contribution in [-0.4, -0.2) is 23.3 Å². The fourth-order valence-corrected chi connectivity index (χ4v) is 3.64. The summed E-state index contributed by atoms with van der Waals surface area (Å²) in [5.74, 6) is 1.05. The number of carbonyl (C=O) groups is 1. The van der Waals surface area contributed by atoms with Gasteiger partial charge in [0.25, 0.3) is 0 Å². The van der Waals surface area contributed by atoms with Crippen molar-refractivity contribution in [2.45, 2.75) is 89.6 Å². The first kappa shape index (κ1) is 23.8. The molecule has 5 heteroatoms. The summed E-state index contributed by atoms with van der Waals surface area (Å²) in [6, 6.07) is 8.21. The largest absolute Gasteiger partial charge is 0.494 e. The number of aliphatic carboxylic acids is 1. The van der Waals surface area contributed by atoms with Crippen molar-refractivity contribution >= 4 is 5.97 Å². The van der Waals surface area contributed by atoms with Crippen molar-refractivity contribution in [3.63, 3.8) is 0 Å². The van der Waals surface area contributed by atoms with Crippen LogP contribution in [0.2, 0.25) is 0 Å². The molecule has 1 unspecified atom stereocenters. The molecule has 1 heterocycles. The molecule has 0 saturated carbocycles. The lowest BCUT2D eigenvalue weighted by molar-refractivity contribution is -0.137. The molecule has 1 aliphatic heterocycles. The maximum absolute atomic E-state index is 10.5. The number of nitrogens with zero attached hydrogens (tertiary/aromatic N) is 1. The number of allylic oxidation sites excluding steroid dienone is 1. The summed E-state index contributed by atoms with van der Waals surface area (Å²) in [5.41, 5.74) is 0.919. The molecule has 30 heavy (non-hydrogen) atoms.